The van der Waals surface area contributed by atoms with Gasteiger partial charge in [0, 0.05) is 41.7 Å². The van der Waals surface area contributed by atoms with Crippen LogP contribution in [-0.2, 0) is 22.5 Å². The molecule has 0 bridgehead atoms. The SMILES string of the molecule is COC(=O)c1ccc2[nH]c3c(c2c1)CN(C(=O)C1C(C=C(C)C)C1(C)C)CC3. The fourth-order valence-electron chi connectivity index (χ4n) is 4.66. The number of esters is 1. The highest BCUT2D eigenvalue weighted by molar-refractivity contribution is 5.96. The third-order valence-corrected chi connectivity index (χ3v) is 6.40. The van der Waals surface area contributed by atoms with Crippen LogP contribution in [0.4, 0.5) is 0 Å². The van der Waals surface area contributed by atoms with Gasteiger partial charge in [-0.05, 0) is 43.4 Å². The van der Waals surface area contributed by atoms with Crippen LogP contribution < -0.4 is 0 Å². The second kappa shape index (κ2) is 6.50. The molecule has 1 fully saturated rings. The van der Waals surface area contributed by atoms with Gasteiger partial charge < -0.3 is 14.6 Å². The summed E-state index contributed by atoms with van der Waals surface area (Å²) in [4.78, 5) is 30.6. The Bertz CT molecular complexity index is 995. The number of rotatable bonds is 3. The van der Waals surface area contributed by atoms with E-state index in [-0.39, 0.29) is 23.2 Å². The van der Waals surface area contributed by atoms with Crippen molar-refractivity contribution in [2.75, 3.05) is 13.7 Å². The van der Waals surface area contributed by atoms with E-state index in [0.29, 0.717) is 18.0 Å². The fraction of sp³-hybridized carbons (Fsp3) is 0.478. The molecule has 4 rings (SSSR count). The van der Waals surface area contributed by atoms with Gasteiger partial charge in [0.1, 0.15) is 0 Å². The standard InChI is InChI=1S/C23H28N2O3/c1-13(2)10-17-20(23(17,3)4)21(26)25-9-8-19-16(12-25)15-11-14(22(27)28-5)6-7-18(15)24-19/h6-7,10-11,17,20,24H,8-9,12H2,1-5H3. The molecule has 5 nitrogen and oxygen atoms in total. The first-order valence-electron chi connectivity index (χ1n) is 9.89. The van der Waals surface area contributed by atoms with Gasteiger partial charge in [0.25, 0.3) is 0 Å². The lowest BCUT2D eigenvalue weighted by molar-refractivity contribution is -0.134. The van der Waals surface area contributed by atoms with Gasteiger partial charge in [-0.25, -0.2) is 4.79 Å². The van der Waals surface area contributed by atoms with Crippen LogP contribution in [0.5, 0.6) is 0 Å². The number of allylic oxidation sites excluding steroid dienone is 2. The van der Waals surface area contributed by atoms with Gasteiger partial charge in [-0.1, -0.05) is 25.5 Å². The lowest BCUT2D eigenvalue weighted by atomic mass is 10.0. The number of carbonyl (C=O) groups is 2. The average molecular weight is 380 g/mol. The molecule has 0 spiro atoms. The number of fused-ring (bicyclic) bond motifs is 3. The highest BCUT2D eigenvalue weighted by atomic mass is 16.5. The first-order valence-corrected chi connectivity index (χ1v) is 9.89. The smallest absolute Gasteiger partial charge is 0.337 e. The Morgan fingerprint density at radius 3 is 2.71 bits per heavy atom. The topological polar surface area (TPSA) is 62.4 Å². The van der Waals surface area contributed by atoms with Crippen molar-refractivity contribution in [2.45, 2.75) is 40.7 Å². The number of hydrogen-bond acceptors (Lipinski definition) is 3. The lowest BCUT2D eigenvalue weighted by Crippen LogP contribution is -2.37. The van der Waals surface area contributed by atoms with Crippen LogP contribution in [0.2, 0.25) is 0 Å². The van der Waals surface area contributed by atoms with Crippen molar-refractivity contribution < 1.29 is 14.3 Å². The second-order valence-corrected chi connectivity index (χ2v) is 8.91. The summed E-state index contributed by atoms with van der Waals surface area (Å²) in [6.07, 6.45) is 3.05. The zero-order valence-electron chi connectivity index (χ0n) is 17.3. The fourth-order valence-corrected chi connectivity index (χ4v) is 4.66. The van der Waals surface area contributed by atoms with E-state index in [1.807, 2.05) is 17.0 Å². The van der Waals surface area contributed by atoms with Crippen molar-refractivity contribution in [1.82, 2.24) is 9.88 Å². The molecular weight excluding hydrogens is 352 g/mol. The van der Waals surface area contributed by atoms with Crippen molar-refractivity contribution >= 4 is 22.8 Å². The Balaban J connectivity index is 1.61. The van der Waals surface area contributed by atoms with Gasteiger partial charge in [-0.2, -0.15) is 0 Å². The number of methoxy groups -OCH3 is 1. The molecule has 1 aliphatic heterocycles. The summed E-state index contributed by atoms with van der Waals surface area (Å²) in [5.41, 5.74) is 5.11. The normalized spacial score (nSPS) is 22.5. The molecule has 1 aromatic carbocycles. The van der Waals surface area contributed by atoms with Crippen molar-refractivity contribution in [3.05, 3.63) is 46.7 Å². The van der Waals surface area contributed by atoms with Gasteiger partial charge in [0.15, 0.2) is 0 Å². The number of aromatic amines is 1. The molecule has 2 aromatic rings. The van der Waals surface area contributed by atoms with E-state index in [4.69, 9.17) is 4.74 Å². The first kappa shape index (κ1) is 18.8. The lowest BCUT2D eigenvalue weighted by Gasteiger charge is -2.28. The van der Waals surface area contributed by atoms with E-state index < -0.39 is 0 Å². The molecule has 0 saturated heterocycles. The number of aromatic nitrogens is 1. The van der Waals surface area contributed by atoms with E-state index >= 15 is 0 Å². The van der Waals surface area contributed by atoms with Crippen LogP contribution in [-0.4, -0.2) is 35.4 Å². The predicted molar refractivity (Wildman–Crippen MR) is 109 cm³/mol. The van der Waals surface area contributed by atoms with E-state index in [1.54, 1.807) is 6.07 Å². The maximum atomic E-state index is 13.3. The minimum atomic E-state index is -0.343. The largest absolute Gasteiger partial charge is 0.465 e. The average Bonchev–Trinajstić information content (AvgIpc) is 3.01. The number of benzene rings is 1. The highest BCUT2D eigenvalue weighted by Crippen LogP contribution is 2.60. The predicted octanol–water partition coefficient (Wildman–Crippen LogP) is 4.08. The summed E-state index contributed by atoms with van der Waals surface area (Å²) in [5, 5.41) is 1.01. The molecule has 1 saturated carbocycles. The summed E-state index contributed by atoms with van der Waals surface area (Å²) >= 11 is 0. The molecule has 5 heteroatoms. The van der Waals surface area contributed by atoms with Gasteiger partial charge in [0.05, 0.1) is 18.6 Å². The maximum absolute atomic E-state index is 13.3. The molecule has 1 N–H and O–H groups in total. The Hall–Kier alpha value is -2.56. The molecular formula is C23H28N2O3. The summed E-state index contributed by atoms with van der Waals surface area (Å²) < 4.78 is 4.85. The van der Waals surface area contributed by atoms with Crippen LogP contribution in [0.25, 0.3) is 10.9 Å². The molecule has 1 amide bonds. The number of H-pyrrole nitrogens is 1. The van der Waals surface area contributed by atoms with Crippen molar-refractivity contribution in [3.63, 3.8) is 0 Å². The zero-order chi connectivity index (χ0) is 20.2. The molecule has 1 aromatic heterocycles. The third-order valence-electron chi connectivity index (χ3n) is 6.40. The van der Waals surface area contributed by atoms with Crippen LogP contribution in [0.3, 0.4) is 0 Å². The Morgan fingerprint density at radius 1 is 1.29 bits per heavy atom. The van der Waals surface area contributed by atoms with E-state index in [1.165, 1.54) is 12.7 Å². The number of ether oxygens (including phenoxy) is 1. The summed E-state index contributed by atoms with van der Waals surface area (Å²) in [6, 6.07) is 5.56. The van der Waals surface area contributed by atoms with E-state index in [0.717, 1.165) is 35.1 Å². The minimum Gasteiger partial charge on any atom is -0.465 e. The zero-order valence-corrected chi connectivity index (χ0v) is 17.3. The van der Waals surface area contributed by atoms with Gasteiger partial charge in [-0.15, -0.1) is 0 Å². The van der Waals surface area contributed by atoms with Crippen LogP contribution >= 0.6 is 0 Å². The molecule has 2 unspecified atom stereocenters. The summed E-state index contributed by atoms with van der Waals surface area (Å²) in [5.74, 6) is 0.279. The van der Waals surface area contributed by atoms with Crippen molar-refractivity contribution in [1.29, 1.82) is 0 Å². The summed E-state index contributed by atoms with van der Waals surface area (Å²) in [7, 11) is 1.39. The molecule has 2 aliphatic rings. The molecule has 0 radical (unpaired) electrons. The first-order chi connectivity index (χ1) is 13.2. The van der Waals surface area contributed by atoms with Gasteiger partial charge in [0.2, 0.25) is 5.91 Å². The van der Waals surface area contributed by atoms with E-state index in [9.17, 15) is 9.59 Å². The molecule has 148 valence electrons. The maximum Gasteiger partial charge on any atom is 0.337 e. The Kier molecular flexibility index (Phi) is 4.36. The quantitative estimate of drug-likeness (QED) is 0.645. The van der Waals surface area contributed by atoms with E-state index in [2.05, 4.69) is 38.8 Å². The Labute approximate surface area is 165 Å². The molecule has 2 heterocycles. The molecule has 28 heavy (non-hydrogen) atoms. The molecule has 2 atom stereocenters. The highest BCUT2D eigenvalue weighted by Gasteiger charge is 2.61. The number of hydrogen-bond donors (Lipinski definition) is 1. The third kappa shape index (κ3) is 2.93. The van der Waals surface area contributed by atoms with Crippen LogP contribution in [0, 0.1) is 17.3 Å². The van der Waals surface area contributed by atoms with Crippen molar-refractivity contribution in [3.8, 4) is 0 Å². The van der Waals surface area contributed by atoms with Gasteiger partial charge in [-0.3, -0.25) is 4.79 Å². The monoisotopic (exact) mass is 380 g/mol. The van der Waals surface area contributed by atoms with Crippen LogP contribution in [0.15, 0.2) is 29.8 Å². The van der Waals surface area contributed by atoms with Crippen molar-refractivity contribution in [2.24, 2.45) is 17.3 Å². The van der Waals surface area contributed by atoms with Crippen LogP contribution in [0.1, 0.15) is 49.3 Å². The second-order valence-electron chi connectivity index (χ2n) is 8.91. The summed E-state index contributed by atoms with van der Waals surface area (Å²) in [6.45, 7) is 9.87. The Morgan fingerprint density at radius 2 is 2.04 bits per heavy atom. The number of carbonyl (C=O) groups excluding carboxylic acids is 2. The number of nitrogens with zero attached hydrogens (tertiary/aromatic N) is 1. The minimum absolute atomic E-state index is 0.0207. The number of nitrogens with one attached hydrogen (secondary N) is 1. The van der Waals surface area contributed by atoms with Gasteiger partial charge >= 0.3 is 5.97 Å². The number of amides is 1. The molecule has 1 aliphatic carbocycles.